The monoisotopic (exact) mass is 634 g/mol. The lowest BCUT2D eigenvalue weighted by Gasteiger charge is -2.54. The van der Waals surface area contributed by atoms with Crippen LogP contribution in [0.3, 0.4) is 0 Å². The second kappa shape index (κ2) is 13.0. The van der Waals surface area contributed by atoms with Crippen molar-refractivity contribution in [3.05, 3.63) is 82.9 Å². The van der Waals surface area contributed by atoms with Crippen LogP contribution in [0.2, 0.25) is 0 Å². The molecule has 1 fully saturated rings. The van der Waals surface area contributed by atoms with Crippen LogP contribution in [-0.4, -0.2) is 24.2 Å². The summed E-state index contributed by atoms with van der Waals surface area (Å²) in [5, 5.41) is 8.42. The molecular weight excluding hydrogens is 587 g/mol. The standard InChI is InChI=1S/C36H47N2O4PS/c1-7-41-43(40,42-8-2)32(29-15-14-25-12-9-10-13-27(25)23-29)37-34(44)38-33(39)36(6)21-11-20-35(5)30-18-16-26(24(3)4)22-28(30)17-19-31(35)36/h9-10,12-16,18,22-24,31-32H,7-8,11,17,19-21H2,1-6H3,(H2,37,38,39,44)/t31-,32?,35-,36-/m1/s1. The minimum atomic E-state index is -3.71. The van der Waals surface area contributed by atoms with Crippen LogP contribution < -0.4 is 10.6 Å². The number of benzene rings is 3. The Labute approximate surface area is 268 Å². The second-order valence-electron chi connectivity index (χ2n) is 13.2. The summed E-state index contributed by atoms with van der Waals surface area (Å²) in [4.78, 5) is 14.2. The number of carbonyl (C=O) groups excluding carboxylic acids is 1. The molecule has 3 aromatic carbocycles. The van der Waals surface area contributed by atoms with Crippen LogP contribution in [-0.2, 0) is 30.2 Å². The van der Waals surface area contributed by atoms with Gasteiger partial charge in [0.1, 0.15) is 0 Å². The number of nitrogens with one attached hydrogen (secondary N) is 2. The third-order valence-electron chi connectivity index (χ3n) is 10.1. The molecule has 44 heavy (non-hydrogen) atoms. The molecule has 0 radical (unpaired) electrons. The predicted molar refractivity (Wildman–Crippen MR) is 183 cm³/mol. The summed E-state index contributed by atoms with van der Waals surface area (Å²) in [6, 6.07) is 20.8. The van der Waals surface area contributed by atoms with Crippen molar-refractivity contribution in [3.8, 4) is 0 Å². The Balaban J connectivity index is 1.41. The lowest BCUT2D eigenvalue weighted by molar-refractivity contribution is -0.137. The van der Waals surface area contributed by atoms with Crippen LogP contribution in [0.15, 0.2) is 60.7 Å². The van der Waals surface area contributed by atoms with E-state index in [0.717, 1.165) is 42.9 Å². The van der Waals surface area contributed by atoms with Crippen LogP contribution in [0.25, 0.3) is 10.8 Å². The molecule has 6 nitrogen and oxygen atoms in total. The van der Waals surface area contributed by atoms with Gasteiger partial charge in [-0.05, 0) is 108 Å². The van der Waals surface area contributed by atoms with Crippen molar-refractivity contribution in [1.82, 2.24) is 10.6 Å². The molecule has 5 rings (SSSR count). The van der Waals surface area contributed by atoms with Crippen molar-refractivity contribution >= 4 is 41.6 Å². The Bertz CT molecular complexity index is 1580. The van der Waals surface area contributed by atoms with E-state index in [2.05, 4.69) is 56.5 Å². The molecule has 2 N–H and O–H groups in total. The number of hydrogen-bond acceptors (Lipinski definition) is 5. The summed E-state index contributed by atoms with van der Waals surface area (Å²) >= 11 is 5.76. The van der Waals surface area contributed by atoms with E-state index in [1.807, 2.05) is 42.5 Å². The van der Waals surface area contributed by atoms with Gasteiger partial charge in [0.05, 0.1) is 18.6 Å². The van der Waals surface area contributed by atoms with Crippen LogP contribution >= 0.6 is 19.8 Å². The third kappa shape index (κ3) is 6.13. The van der Waals surface area contributed by atoms with Gasteiger partial charge in [-0.2, -0.15) is 0 Å². The molecule has 0 heterocycles. The van der Waals surface area contributed by atoms with Crippen LogP contribution in [0.5, 0.6) is 0 Å². The van der Waals surface area contributed by atoms with Crippen LogP contribution in [0.4, 0.5) is 0 Å². The van der Waals surface area contributed by atoms with Crippen molar-refractivity contribution in [2.75, 3.05) is 13.2 Å². The summed E-state index contributed by atoms with van der Waals surface area (Å²) in [5.41, 5.74) is 4.22. The normalized spacial score (nSPS) is 23.9. The van der Waals surface area contributed by atoms with Gasteiger partial charge in [0.25, 0.3) is 0 Å². The number of thiocarbonyl (C=S) groups is 1. The molecule has 2 aliphatic rings. The zero-order chi connectivity index (χ0) is 31.7. The Kier molecular flexibility index (Phi) is 9.72. The first-order valence-corrected chi connectivity index (χ1v) is 18.1. The zero-order valence-corrected chi connectivity index (χ0v) is 28.7. The van der Waals surface area contributed by atoms with E-state index in [9.17, 15) is 9.36 Å². The molecule has 0 aromatic heterocycles. The first kappa shape index (κ1) is 32.8. The maximum Gasteiger partial charge on any atom is 0.357 e. The SMILES string of the molecule is CCOP(=O)(OCC)C(NC(=S)NC(=O)[C@]1(C)CCC[C@]2(C)c3ccc(C(C)C)cc3CC[C@@H]12)c1ccc2ccccc2c1. The molecule has 1 saturated carbocycles. The molecule has 0 aliphatic heterocycles. The highest BCUT2D eigenvalue weighted by Gasteiger charge is 2.55. The summed E-state index contributed by atoms with van der Waals surface area (Å²) < 4.78 is 25.7. The fourth-order valence-corrected chi connectivity index (χ4v) is 10.0. The first-order chi connectivity index (χ1) is 20.9. The van der Waals surface area contributed by atoms with Gasteiger partial charge in [0, 0.05) is 0 Å². The smallest absolute Gasteiger partial charge is 0.345 e. The molecular formula is C36H47N2O4PS. The van der Waals surface area contributed by atoms with Crippen molar-refractivity contribution < 1.29 is 18.4 Å². The Morgan fingerprint density at radius 3 is 2.34 bits per heavy atom. The van der Waals surface area contributed by atoms with Crippen LogP contribution in [0.1, 0.15) is 101 Å². The number of carbonyl (C=O) groups is 1. The predicted octanol–water partition coefficient (Wildman–Crippen LogP) is 8.93. The van der Waals surface area contributed by atoms with E-state index in [1.54, 1.807) is 13.8 Å². The fourth-order valence-electron chi connectivity index (χ4n) is 7.82. The van der Waals surface area contributed by atoms with Gasteiger partial charge in [-0.25, -0.2) is 0 Å². The average Bonchev–Trinajstić information content (AvgIpc) is 2.99. The molecule has 0 spiro atoms. The van der Waals surface area contributed by atoms with E-state index in [1.165, 1.54) is 16.7 Å². The maximum atomic E-state index is 14.2. The largest absolute Gasteiger partial charge is 0.357 e. The number of rotatable bonds is 9. The lowest BCUT2D eigenvalue weighted by Crippen LogP contribution is -2.57. The van der Waals surface area contributed by atoms with Crippen molar-refractivity contribution in [2.45, 2.75) is 90.8 Å². The van der Waals surface area contributed by atoms with E-state index in [-0.39, 0.29) is 35.6 Å². The lowest BCUT2D eigenvalue weighted by atomic mass is 9.49. The molecule has 4 atom stereocenters. The van der Waals surface area contributed by atoms with Crippen LogP contribution in [0, 0.1) is 11.3 Å². The molecule has 8 heteroatoms. The van der Waals surface area contributed by atoms with E-state index >= 15 is 0 Å². The highest BCUT2D eigenvalue weighted by Crippen LogP contribution is 2.60. The van der Waals surface area contributed by atoms with Gasteiger partial charge in [-0.1, -0.05) is 88.7 Å². The molecule has 3 aromatic rings. The molecule has 0 saturated heterocycles. The molecule has 1 unspecified atom stereocenters. The van der Waals surface area contributed by atoms with Gasteiger partial charge in [0.2, 0.25) is 5.91 Å². The first-order valence-electron chi connectivity index (χ1n) is 16.1. The van der Waals surface area contributed by atoms with E-state index in [0.29, 0.717) is 11.5 Å². The highest BCUT2D eigenvalue weighted by molar-refractivity contribution is 7.80. The highest BCUT2D eigenvalue weighted by atomic mass is 32.1. The van der Waals surface area contributed by atoms with Crippen molar-refractivity contribution in [3.63, 3.8) is 0 Å². The number of amides is 1. The fraction of sp³-hybridized carbons (Fsp3) is 0.500. The van der Waals surface area contributed by atoms with Gasteiger partial charge in [0.15, 0.2) is 10.9 Å². The molecule has 236 valence electrons. The molecule has 1 amide bonds. The number of aryl methyl sites for hydroxylation is 1. The third-order valence-corrected chi connectivity index (χ3v) is 12.6. The minimum absolute atomic E-state index is 0.0876. The van der Waals surface area contributed by atoms with Gasteiger partial charge >= 0.3 is 7.60 Å². The summed E-state index contributed by atoms with van der Waals surface area (Å²) in [6.45, 7) is 12.9. The zero-order valence-electron chi connectivity index (χ0n) is 26.9. The molecule has 0 bridgehead atoms. The Morgan fingerprint density at radius 1 is 0.977 bits per heavy atom. The number of hydrogen-bond donors (Lipinski definition) is 2. The van der Waals surface area contributed by atoms with Gasteiger partial charge < -0.3 is 19.7 Å². The quantitative estimate of drug-likeness (QED) is 0.181. The summed E-state index contributed by atoms with van der Waals surface area (Å²) in [6.07, 6.45) is 4.75. The number of fused-ring (bicyclic) bond motifs is 4. The van der Waals surface area contributed by atoms with E-state index in [4.69, 9.17) is 21.3 Å². The minimum Gasteiger partial charge on any atom is -0.345 e. The second-order valence-corrected chi connectivity index (χ2v) is 15.7. The Hall–Kier alpha value is -2.57. The summed E-state index contributed by atoms with van der Waals surface area (Å²) in [7, 11) is -3.71. The maximum absolute atomic E-state index is 14.2. The van der Waals surface area contributed by atoms with Gasteiger partial charge in [-0.15, -0.1) is 0 Å². The van der Waals surface area contributed by atoms with E-state index < -0.39 is 18.8 Å². The Morgan fingerprint density at radius 2 is 1.66 bits per heavy atom. The molecule has 2 aliphatic carbocycles. The van der Waals surface area contributed by atoms with Crippen molar-refractivity contribution in [1.29, 1.82) is 0 Å². The topological polar surface area (TPSA) is 76.7 Å². The summed E-state index contributed by atoms with van der Waals surface area (Å²) in [5.74, 6) is -0.312. The van der Waals surface area contributed by atoms with Gasteiger partial charge in [-0.3, -0.25) is 9.36 Å². The average molecular weight is 635 g/mol. The van der Waals surface area contributed by atoms with Crippen molar-refractivity contribution in [2.24, 2.45) is 11.3 Å².